The molecular weight excluding hydrogens is 282 g/mol. The molecule has 0 aliphatic carbocycles. The molecule has 0 heterocycles. The molecule has 2 unspecified atom stereocenters. The molecule has 2 atom stereocenters. The molecule has 0 saturated carbocycles. The van der Waals surface area contributed by atoms with Gasteiger partial charge in [0.15, 0.2) is 0 Å². The number of aliphatic hydroxyl groups is 2. The van der Waals surface area contributed by atoms with Gasteiger partial charge >= 0.3 is 0 Å². The zero-order valence-electron chi connectivity index (χ0n) is 11.2. The van der Waals surface area contributed by atoms with E-state index in [1.165, 1.54) is 4.31 Å². The summed E-state index contributed by atoms with van der Waals surface area (Å²) in [4.78, 5) is 0. The highest BCUT2D eigenvalue weighted by Crippen LogP contribution is 2.21. The lowest BCUT2D eigenvalue weighted by Gasteiger charge is -2.16. The van der Waals surface area contributed by atoms with Gasteiger partial charge in [-0.15, -0.1) is 0 Å². The van der Waals surface area contributed by atoms with E-state index in [4.69, 9.17) is 14.9 Å². The molecule has 0 radical (unpaired) electrons. The average molecular weight is 301 g/mol. The smallest absolute Gasteiger partial charge is 0.266 e. The van der Waals surface area contributed by atoms with Gasteiger partial charge in [0.1, 0.15) is 18.5 Å². The summed E-state index contributed by atoms with van der Waals surface area (Å²) in [6.45, 7) is 1.55. The molecule has 6 nitrogen and oxygen atoms in total. The maximum Gasteiger partial charge on any atom is 0.266 e. The first-order valence-electron chi connectivity index (χ1n) is 6.17. The molecule has 112 valence electrons. The standard InChI is InChI=1S/C13H19NO5S/c1-2-3-8-14(20(17)18)11-4-6-13(7-5-11)19-10-12(16)9-15/h3-8,12,15-16H,2,9-10H2,1H3,(H,17,18). The van der Waals surface area contributed by atoms with Crippen molar-refractivity contribution in [2.75, 3.05) is 17.5 Å². The van der Waals surface area contributed by atoms with Crippen molar-refractivity contribution >= 4 is 17.0 Å². The highest BCUT2D eigenvalue weighted by Gasteiger charge is 2.09. The van der Waals surface area contributed by atoms with Crippen LogP contribution in [0.3, 0.4) is 0 Å². The Labute approximate surface area is 120 Å². The van der Waals surface area contributed by atoms with Crippen molar-refractivity contribution in [1.82, 2.24) is 0 Å². The molecule has 3 N–H and O–H groups in total. The van der Waals surface area contributed by atoms with Crippen molar-refractivity contribution in [2.45, 2.75) is 19.4 Å². The molecule has 1 aromatic carbocycles. The van der Waals surface area contributed by atoms with Crippen LogP contribution in [0.2, 0.25) is 0 Å². The van der Waals surface area contributed by atoms with Gasteiger partial charge in [0, 0.05) is 6.20 Å². The number of benzene rings is 1. The zero-order chi connectivity index (χ0) is 15.0. The predicted molar refractivity (Wildman–Crippen MR) is 77.7 cm³/mol. The van der Waals surface area contributed by atoms with Crippen LogP contribution >= 0.6 is 0 Å². The summed E-state index contributed by atoms with van der Waals surface area (Å²) in [5.41, 5.74) is 0.547. The van der Waals surface area contributed by atoms with E-state index in [-0.39, 0.29) is 13.2 Å². The molecule has 0 fully saturated rings. The summed E-state index contributed by atoms with van der Waals surface area (Å²) >= 11 is -2.14. The summed E-state index contributed by atoms with van der Waals surface area (Å²) in [5.74, 6) is 0.504. The molecular formula is C13H19NO5S. The van der Waals surface area contributed by atoms with Crippen LogP contribution in [-0.4, -0.2) is 38.3 Å². The van der Waals surface area contributed by atoms with E-state index in [1.807, 2.05) is 6.92 Å². The van der Waals surface area contributed by atoms with Gasteiger partial charge in [-0.2, -0.15) is 0 Å². The van der Waals surface area contributed by atoms with Gasteiger partial charge in [0.2, 0.25) is 0 Å². The van der Waals surface area contributed by atoms with Gasteiger partial charge in [-0.1, -0.05) is 13.0 Å². The van der Waals surface area contributed by atoms with Crippen molar-refractivity contribution in [1.29, 1.82) is 0 Å². The largest absolute Gasteiger partial charge is 0.491 e. The number of hydrogen-bond acceptors (Lipinski definition) is 4. The quantitative estimate of drug-likeness (QED) is 0.629. The summed E-state index contributed by atoms with van der Waals surface area (Å²) < 4.78 is 26.9. The number of allylic oxidation sites excluding steroid dienone is 1. The SMILES string of the molecule is CCC=CN(c1ccc(OCC(O)CO)cc1)S(=O)O. The fourth-order valence-corrected chi connectivity index (χ4v) is 1.86. The third-order valence-corrected chi connectivity index (χ3v) is 3.06. The number of rotatable bonds is 8. The second kappa shape index (κ2) is 8.70. The lowest BCUT2D eigenvalue weighted by molar-refractivity contribution is 0.0536. The molecule has 0 bridgehead atoms. The van der Waals surface area contributed by atoms with Crippen LogP contribution in [-0.2, 0) is 11.3 Å². The third kappa shape index (κ3) is 5.30. The lowest BCUT2D eigenvalue weighted by Crippen LogP contribution is -2.21. The van der Waals surface area contributed by atoms with Crippen LogP contribution in [0.15, 0.2) is 36.5 Å². The first kappa shape index (κ1) is 16.6. The summed E-state index contributed by atoms with van der Waals surface area (Å²) in [6.07, 6.45) is 3.15. The number of nitrogens with zero attached hydrogens (tertiary/aromatic N) is 1. The third-order valence-electron chi connectivity index (χ3n) is 2.39. The molecule has 0 aromatic heterocycles. The molecule has 0 aliphatic rings. The van der Waals surface area contributed by atoms with Crippen molar-refractivity contribution in [2.24, 2.45) is 0 Å². The van der Waals surface area contributed by atoms with Crippen LogP contribution in [0.1, 0.15) is 13.3 Å². The molecule has 1 rings (SSSR count). The number of hydrogen-bond donors (Lipinski definition) is 3. The molecule has 0 saturated heterocycles. The molecule has 7 heteroatoms. The second-order valence-electron chi connectivity index (χ2n) is 3.99. The molecule has 20 heavy (non-hydrogen) atoms. The van der Waals surface area contributed by atoms with Crippen molar-refractivity contribution < 1.29 is 23.7 Å². The highest BCUT2D eigenvalue weighted by molar-refractivity contribution is 7.80. The first-order valence-corrected chi connectivity index (χ1v) is 7.23. The first-order chi connectivity index (χ1) is 9.58. The number of anilines is 1. The Morgan fingerprint density at radius 3 is 2.55 bits per heavy atom. The van der Waals surface area contributed by atoms with Crippen molar-refractivity contribution in [3.05, 3.63) is 36.5 Å². The number of aliphatic hydroxyl groups excluding tert-OH is 2. The van der Waals surface area contributed by atoms with E-state index in [9.17, 15) is 8.76 Å². The van der Waals surface area contributed by atoms with Crippen LogP contribution in [0.4, 0.5) is 5.69 Å². The average Bonchev–Trinajstić information content (AvgIpc) is 2.46. The van der Waals surface area contributed by atoms with Gasteiger partial charge in [-0.25, -0.2) is 8.51 Å². The summed E-state index contributed by atoms with van der Waals surface area (Å²) in [6, 6.07) is 6.52. The maximum atomic E-state index is 11.2. The van der Waals surface area contributed by atoms with Crippen molar-refractivity contribution in [3.63, 3.8) is 0 Å². The normalized spacial score (nSPS) is 14.2. The van der Waals surface area contributed by atoms with Gasteiger partial charge in [0.05, 0.1) is 12.3 Å². The minimum Gasteiger partial charge on any atom is -0.491 e. The Morgan fingerprint density at radius 2 is 2.05 bits per heavy atom. The summed E-state index contributed by atoms with van der Waals surface area (Å²) in [7, 11) is 0. The molecule has 0 aliphatic heterocycles. The van der Waals surface area contributed by atoms with E-state index in [0.29, 0.717) is 11.4 Å². The van der Waals surface area contributed by atoms with E-state index >= 15 is 0 Å². The van der Waals surface area contributed by atoms with Crippen LogP contribution in [0.25, 0.3) is 0 Å². The van der Waals surface area contributed by atoms with Crippen LogP contribution in [0.5, 0.6) is 5.75 Å². The molecule has 0 amide bonds. The van der Waals surface area contributed by atoms with Crippen LogP contribution < -0.4 is 9.04 Å². The Bertz CT molecular complexity index is 449. The fourth-order valence-electron chi connectivity index (χ4n) is 1.36. The Morgan fingerprint density at radius 1 is 1.40 bits per heavy atom. The summed E-state index contributed by atoms with van der Waals surface area (Å²) in [5, 5.41) is 17.8. The fraction of sp³-hybridized carbons (Fsp3) is 0.385. The maximum absolute atomic E-state index is 11.2. The van der Waals surface area contributed by atoms with Gasteiger partial charge in [0.25, 0.3) is 11.3 Å². The molecule has 1 aromatic rings. The second-order valence-corrected chi connectivity index (χ2v) is 4.85. The van der Waals surface area contributed by atoms with E-state index in [0.717, 1.165) is 6.42 Å². The van der Waals surface area contributed by atoms with E-state index < -0.39 is 17.4 Å². The monoisotopic (exact) mass is 301 g/mol. The Hall–Kier alpha value is -1.41. The van der Waals surface area contributed by atoms with Crippen molar-refractivity contribution in [3.8, 4) is 5.75 Å². The minimum absolute atomic E-state index is 0.0127. The Kier molecular flexibility index (Phi) is 7.24. The lowest BCUT2D eigenvalue weighted by atomic mass is 10.3. The van der Waals surface area contributed by atoms with Gasteiger partial charge < -0.3 is 14.9 Å². The minimum atomic E-state index is -2.14. The van der Waals surface area contributed by atoms with E-state index in [2.05, 4.69) is 0 Å². The zero-order valence-corrected chi connectivity index (χ0v) is 12.0. The topological polar surface area (TPSA) is 90.2 Å². The number of ether oxygens (including phenoxy) is 1. The van der Waals surface area contributed by atoms with Gasteiger partial charge in [-0.3, -0.25) is 4.55 Å². The Balaban J connectivity index is 2.73. The predicted octanol–water partition coefficient (Wildman–Crippen LogP) is 1.29. The van der Waals surface area contributed by atoms with Gasteiger partial charge in [-0.05, 0) is 30.7 Å². The van der Waals surface area contributed by atoms with Crippen LogP contribution in [0, 0.1) is 0 Å². The highest BCUT2D eigenvalue weighted by atomic mass is 32.2. The van der Waals surface area contributed by atoms with E-state index in [1.54, 1.807) is 36.5 Å². The molecule has 0 spiro atoms.